The third kappa shape index (κ3) is 4.20. The minimum atomic E-state index is -4.77. The zero-order valence-electron chi connectivity index (χ0n) is 7.34. The summed E-state index contributed by atoms with van der Waals surface area (Å²) in [5.41, 5.74) is 0.106. The molecule has 1 rings (SSSR count). The predicted molar refractivity (Wildman–Crippen MR) is 47.7 cm³/mol. The number of carbonyl (C=O) groups excluding carboxylic acids is 1. The standard InChI is InChI=1S/C9H6ClF3O2/c10-8(14)5-6-3-1-2-4-7(6)15-9(11,12)13/h1-4H,5H2. The second kappa shape index (κ2) is 4.53. The van der Waals surface area contributed by atoms with Gasteiger partial charge in [-0.3, -0.25) is 4.79 Å². The van der Waals surface area contributed by atoms with Crippen LogP contribution in [0.15, 0.2) is 24.3 Å². The molecule has 0 bridgehead atoms. The van der Waals surface area contributed by atoms with Crippen LogP contribution in [0.4, 0.5) is 13.2 Å². The molecule has 0 unspecified atom stereocenters. The maximum absolute atomic E-state index is 11.9. The van der Waals surface area contributed by atoms with Gasteiger partial charge in [0.1, 0.15) is 5.75 Å². The molecule has 0 radical (unpaired) electrons. The molecule has 0 aliphatic carbocycles. The Bertz CT molecular complexity index is 363. The largest absolute Gasteiger partial charge is 0.573 e. The van der Waals surface area contributed by atoms with E-state index >= 15 is 0 Å². The number of halogens is 4. The fraction of sp³-hybridized carbons (Fsp3) is 0.222. The smallest absolute Gasteiger partial charge is 0.405 e. The number of hydrogen-bond donors (Lipinski definition) is 0. The Labute approximate surface area is 88.6 Å². The molecule has 0 heterocycles. The lowest BCUT2D eigenvalue weighted by Gasteiger charge is -2.11. The molecular formula is C9H6ClF3O2. The van der Waals surface area contributed by atoms with E-state index in [1.165, 1.54) is 18.2 Å². The van der Waals surface area contributed by atoms with Crippen LogP contribution < -0.4 is 4.74 Å². The summed E-state index contributed by atoms with van der Waals surface area (Å²) < 4.78 is 39.5. The Hall–Kier alpha value is -1.23. The van der Waals surface area contributed by atoms with Gasteiger partial charge >= 0.3 is 6.36 Å². The quantitative estimate of drug-likeness (QED) is 0.757. The van der Waals surface area contributed by atoms with Crippen LogP contribution in [0, 0.1) is 0 Å². The Balaban J connectivity index is 2.91. The SMILES string of the molecule is O=C(Cl)Cc1ccccc1OC(F)(F)F. The van der Waals surface area contributed by atoms with Crippen molar-refractivity contribution < 1.29 is 22.7 Å². The Morgan fingerprint density at radius 2 is 1.93 bits per heavy atom. The topological polar surface area (TPSA) is 26.3 Å². The molecule has 82 valence electrons. The predicted octanol–water partition coefficient (Wildman–Crippen LogP) is 2.89. The highest BCUT2D eigenvalue weighted by Gasteiger charge is 2.32. The normalized spacial score (nSPS) is 11.2. The van der Waals surface area contributed by atoms with Crippen molar-refractivity contribution in [2.24, 2.45) is 0 Å². The Morgan fingerprint density at radius 3 is 2.47 bits per heavy atom. The maximum atomic E-state index is 11.9. The first-order valence-electron chi connectivity index (χ1n) is 3.90. The minimum Gasteiger partial charge on any atom is -0.405 e. The van der Waals surface area contributed by atoms with Crippen molar-refractivity contribution in [3.63, 3.8) is 0 Å². The van der Waals surface area contributed by atoms with Gasteiger partial charge in [0, 0.05) is 5.56 Å². The van der Waals surface area contributed by atoms with Crippen molar-refractivity contribution in [3.8, 4) is 5.75 Å². The first kappa shape index (κ1) is 11.8. The van der Waals surface area contributed by atoms with Gasteiger partial charge in [0.05, 0.1) is 6.42 Å². The lowest BCUT2D eigenvalue weighted by Crippen LogP contribution is -2.18. The van der Waals surface area contributed by atoms with E-state index < -0.39 is 17.4 Å². The number of ether oxygens (including phenoxy) is 1. The zero-order valence-corrected chi connectivity index (χ0v) is 8.10. The summed E-state index contributed by atoms with van der Waals surface area (Å²) in [6.45, 7) is 0. The molecule has 0 fully saturated rings. The van der Waals surface area contributed by atoms with Crippen LogP contribution in [0.5, 0.6) is 5.75 Å². The summed E-state index contributed by atoms with van der Waals surface area (Å²) in [5.74, 6) is -0.404. The monoisotopic (exact) mass is 238 g/mol. The molecule has 0 spiro atoms. The van der Waals surface area contributed by atoms with Gasteiger partial charge in [0.25, 0.3) is 0 Å². The van der Waals surface area contributed by atoms with Crippen molar-refractivity contribution in [2.75, 3.05) is 0 Å². The van der Waals surface area contributed by atoms with E-state index in [4.69, 9.17) is 11.6 Å². The molecule has 0 saturated carbocycles. The number of para-hydroxylation sites is 1. The van der Waals surface area contributed by atoms with Gasteiger partial charge in [-0.15, -0.1) is 13.2 Å². The van der Waals surface area contributed by atoms with Crippen molar-refractivity contribution >= 4 is 16.8 Å². The molecule has 0 aliphatic heterocycles. The first-order chi connectivity index (χ1) is 6.88. The fourth-order valence-corrected chi connectivity index (χ4v) is 1.17. The molecule has 0 amide bonds. The number of benzene rings is 1. The molecule has 1 aromatic rings. The molecule has 0 atom stereocenters. The van der Waals surface area contributed by atoms with Crippen molar-refractivity contribution in [1.82, 2.24) is 0 Å². The van der Waals surface area contributed by atoms with Crippen molar-refractivity contribution in [1.29, 1.82) is 0 Å². The van der Waals surface area contributed by atoms with Crippen molar-refractivity contribution in [2.45, 2.75) is 12.8 Å². The van der Waals surface area contributed by atoms with Crippen LogP contribution >= 0.6 is 11.6 Å². The number of rotatable bonds is 3. The van der Waals surface area contributed by atoms with E-state index in [9.17, 15) is 18.0 Å². The highest BCUT2D eigenvalue weighted by atomic mass is 35.5. The second-order valence-corrected chi connectivity index (χ2v) is 3.11. The lowest BCUT2D eigenvalue weighted by molar-refractivity contribution is -0.274. The third-order valence-electron chi connectivity index (χ3n) is 1.53. The van der Waals surface area contributed by atoms with E-state index in [0.29, 0.717) is 0 Å². The average Bonchev–Trinajstić information content (AvgIpc) is 2.05. The molecule has 0 N–H and O–H groups in total. The van der Waals surface area contributed by atoms with Crippen LogP contribution in [-0.2, 0) is 11.2 Å². The first-order valence-corrected chi connectivity index (χ1v) is 4.28. The van der Waals surface area contributed by atoms with Gasteiger partial charge in [-0.2, -0.15) is 0 Å². The molecule has 0 saturated heterocycles. The van der Waals surface area contributed by atoms with Gasteiger partial charge in [0.15, 0.2) is 0 Å². The molecule has 15 heavy (non-hydrogen) atoms. The fourth-order valence-electron chi connectivity index (χ4n) is 1.02. The van der Waals surface area contributed by atoms with Gasteiger partial charge in [-0.05, 0) is 17.7 Å². The van der Waals surface area contributed by atoms with Gasteiger partial charge in [-0.25, -0.2) is 0 Å². The number of alkyl halides is 3. The van der Waals surface area contributed by atoms with E-state index in [1.54, 1.807) is 0 Å². The molecule has 0 aromatic heterocycles. The van der Waals surface area contributed by atoms with E-state index in [1.807, 2.05) is 0 Å². The molecular weight excluding hydrogens is 233 g/mol. The number of hydrogen-bond acceptors (Lipinski definition) is 2. The lowest BCUT2D eigenvalue weighted by atomic mass is 10.1. The maximum Gasteiger partial charge on any atom is 0.573 e. The Morgan fingerprint density at radius 1 is 1.33 bits per heavy atom. The summed E-state index contributed by atoms with van der Waals surface area (Å²) >= 11 is 5.08. The Kier molecular flexibility index (Phi) is 3.57. The summed E-state index contributed by atoms with van der Waals surface area (Å²) in [4.78, 5) is 10.6. The van der Waals surface area contributed by atoms with Gasteiger partial charge in [0.2, 0.25) is 5.24 Å². The van der Waals surface area contributed by atoms with Crippen LogP contribution in [0.3, 0.4) is 0 Å². The summed E-state index contributed by atoms with van der Waals surface area (Å²) in [6.07, 6.45) is -5.07. The van der Waals surface area contributed by atoms with Crippen LogP contribution in [0.25, 0.3) is 0 Å². The molecule has 1 aromatic carbocycles. The minimum absolute atomic E-state index is 0.106. The summed E-state index contributed by atoms with van der Waals surface area (Å²) in [7, 11) is 0. The van der Waals surface area contributed by atoms with E-state index in [0.717, 1.165) is 6.07 Å². The van der Waals surface area contributed by atoms with Gasteiger partial charge in [-0.1, -0.05) is 18.2 Å². The molecule has 2 nitrogen and oxygen atoms in total. The van der Waals surface area contributed by atoms with E-state index in [-0.39, 0.29) is 12.0 Å². The van der Waals surface area contributed by atoms with Crippen LogP contribution in [0.1, 0.15) is 5.56 Å². The van der Waals surface area contributed by atoms with Crippen molar-refractivity contribution in [3.05, 3.63) is 29.8 Å². The average molecular weight is 239 g/mol. The molecule has 6 heteroatoms. The van der Waals surface area contributed by atoms with Crippen LogP contribution in [-0.4, -0.2) is 11.6 Å². The van der Waals surface area contributed by atoms with E-state index in [2.05, 4.69) is 4.74 Å². The summed E-state index contributed by atoms with van der Waals surface area (Å²) in [6, 6.07) is 5.35. The highest BCUT2D eigenvalue weighted by Crippen LogP contribution is 2.26. The molecule has 0 aliphatic rings. The summed E-state index contributed by atoms with van der Waals surface area (Å²) in [5, 5.41) is -0.742. The third-order valence-corrected chi connectivity index (χ3v) is 1.66. The highest BCUT2D eigenvalue weighted by molar-refractivity contribution is 6.63. The van der Waals surface area contributed by atoms with Gasteiger partial charge < -0.3 is 4.74 Å². The zero-order chi connectivity index (χ0) is 11.5. The second-order valence-electron chi connectivity index (χ2n) is 2.69. The number of carbonyl (C=O) groups is 1. The van der Waals surface area contributed by atoms with Crippen LogP contribution in [0.2, 0.25) is 0 Å².